The van der Waals surface area contributed by atoms with Gasteiger partial charge in [-0.05, 0) is 81.8 Å². The van der Waals surface area contributed by atoms with E-state index in [-0.39, 0.29) is 36.6 Å². The lowest BCUT2D eigenvalue weighted by Crippen LogP contribution is -2.65. The molecule has 1 N–H and O–H groups in total. The van der Waals surface area contributed by atoms with Crippen LogP contribution in [-0.2, 0) is 25.3 Å². The van der Waals surface area contributed by atoms with E-state index in [2.05, 4.69) is 26.1 Å². The van der Waals surface area contributed by atoms with Gasteiger partial charge in [0.15, 0.2) is 0 Å². The van der Waals surface area contributed by atoms with Gasteiger partial charge in [0, 0.05) is 25.0 Å². The summed E-state index contributed by atoms with van der Waals surface area (Å²) in [5.41, 5.74) is -0.224. The van der Waals surface area contributed by atoms with Gasteiger partial charge in [0.05, 0.1) is 30.7 Å². The molecular formula is C35H47BF2N4O5. The summed E-state index contributed by atoms with van der Waals surface area (Å²) in [6, 6.07) is 11.8. The van der Waals surface area contributed by atoms with E-state index < -0.39 is 54.8 Å². The number of ether oxygens (including phenoxy) is 1. The summed E-state index contributed by atoms with van der Waals surface area (Å²) >= 11 is 0. The molecule has 2 bridgehead atoms. The second kappa shape index (κ2) is 12.5. The van der Waals surface area contributed by atoms with Crippen molar-refractivity contribution in [3.8, 4) is 6.07 Å². The number of amides is 2. The van der Waals surface area contributed by atoms with E-state index in [4.69, 9.17) is 14.0 Å². The number of carbonyl (C=O) groups is 2. The van der Waals surface area contributed by atoms with Crippen molar-refractivity contribution in [3.63, 3.8) is 0 Å². The van der Waals surface area contributed by atoms with Gasteiger partial charge < -0.3 is 24.3 Å². The summed E-state index contributed by atoms with van der Waals surface area (Å²) < 4.78 is 46.9. The summed E-state index contributed by atoms with van der Waals surface area (Å²) in [5, 5.41) is 12.9. The van der Waals surface area contributed by atoms with Crippen LogP contribution >= 0.6 is 0 Å². The molecule has 2 amide bonds. The van der Waals surface area contributed by atoms with Crippen LogP contribution in [0.5, 0.6) is 0 Å². The first kappa shape index (κ1) is 33.9. The van der Waals surface area contributed by atoms with E-state index in [0.29, 0.717) is 37.6 Å². The minimum Gasteiger partial charge on any atom is -0.444 e. The third kappa shape index (κ3) is 6.68. The molecule has 3 saturated heterocycles. The van der Waals surface area contributed by atoms with Crippen molar-refractivity contribution in [1.29, 1.82) is 5.26 Å². The fraction of sp³-hybridized carbons (Fsp3) is 0.686. The Kier molecular flexibility index (Phi) is 8.98. The molecule has 47 heavy (non-hydrogen) atoms. The molecule has 3 heterocycles. The van der Waals surface area contributed by atoms with Crippen LogP contribution in [0.15, 0.2) is 42.0 Å². The number of carbonyl (C=O) groups excluding carboxylic acids is 2. The van der Waals surface area contributed by atoms with Crippen molar-refractivity contribution in [2.45, 2.75) is 108 Å². The Hall–Kier alpha value is -3.01. The van der Waals surface area contributed by atoms with E-state index in [9.17, 15) is 23.6 Å². The molecule has 6 aliphatic rings. The van der Waals surface area contributed by atoms with Gasteiger partial charge in [0.25, 0.3) is 11.8 Å². The average molecular weight is 653 g/mol. The maximum Gasteiger partial charge on any atom is 0.482 e. The molecule has 3 aliphatic heterocycles. The SMILES string of the molecule is CC1(C)[C@@H]2C[C@H]3OB([C@H](Cc4ccccc4)NC(=O)O[C@@H]4CCCN(C(=O)/C(C#N)=C/C(C)(C)N5CCC(F)(F)C5)C4)O[C@@]3(C)[C@H]1C2. The van der Waals surface area contributed by atoms with E-state index >= 15 is 0 Å². The Morgan fingerprint density at radius 2 is 1.96 bits per heavy atom. The average Bonchev–Trinajstić information content (AvgIpc) is 3.58. The van der Waals surface area contributed by atoms with Crippen LogP contribution in [0.1, 0.15) is 72.3 Å². The fourth-order valence-corrected chi connectivity index (χ4v) is 8.69. The largest absolute Gasteiger partial charge is 0.482 e. The molecule has 1 aromatic rings. The number of hydrogen-bond acceptors (Lipinski definition) is 7. The van der Waals surface area contributed by atoms with Crippen molar-refractivity contribution in [2.75, 3.05) is 26.2 Å². The van der Waals surface area contributed by atoms with Crippen LogP contribution in [0.3, 0.4) is 0 Å². The third-order valence-corrected chi connectivity index (χ3v) is 11.7. The molecule has 0 radical (unpaired) electrons. The van der Waals surface area contributed by atoms with Crippen LogP contribution in [-0.4, -0.2) is 90.3 Å². The Bertz CT molecular complexity index is 1430. The molecule has 7 rings (SSSR count). The first-order chi connectivity index (χ1) is 22.1. The summed E-state index contributed by atoms with van der Waals surface area (Å²) in [5.74, 6) is -2.80. The standard InChI is InChI=1S/C35H47BF2N4O5/c1-32(2,42-15-13-35(37,38)22-42)19-24(20-39)30(43)41-14-9-12-26(21-41)45-31(44)40-29(16-23-10-7-6-8-11-23)36-46-28-18-25-17-27(33(25,3)4)34(28,5)47-36/h6-8,10-11,19,25-29H,9,12-18,21-22H2,1-5H3,(H,40,44)/b24-19+/t25-,26+,27-,28+,29-,34-/m0/s1. The summed E-state index contributed by atoms with van der Waals surface area (Å²) in [4.78, 5) is 30.0. The molecule has 12 heteroatoms. The van der Waals surface area contributed by atoms with E-state index in [1.165, 1.54) is 11.0 Å². The maximum absolute atomic E-state index is 13.9. The van der Waals surface area contributed by atoms with Gasteiger partial charge in [-0.2, -0.15) is 5.26 Å². The zero-order valence-electron chi connectivity index (χ0n) is 28.1. The monoisotopic (exact) mass is 652 g/mol. The van der Waals surface area contributed by atoms with Gasteiger partial charge in [-0.15, -0.1) is 0 Å². The first-order valence-corrected chi connectivity index (χ1v) is 17.0. The molecular weight excluding hydrogens is 605 g/mol. The van der Waals surface area contributed by atoms with Gasteiger partial charge in [-0.3, -0.25) is 9.69 Å². The molecule has 6 fully saturated rings. The number of rotatable bonds is 8. The highest BCUT2D eigenvalue weighted by Gasteiger charge is 2.68. The zero-order chi connectivity index (χ0) is 33.8. The number of nitriles is 1. The molecule has 0 aromatic heterocycles. The molecule has 254 valence electrons. The first-order valence-electron chi connectivity index (χ1n) is 17.0. The second-order valence-corrected chi connectivity index (χ2v) is 15.5. The van der Waals surface area contributed by atoms with Gasteiger partial charge in [-0.1, -0.05) is 44.2 Å². The Balaban J connectivity index is 1.10. The quantitative estimate of drug-likeness (QED) is 0.235. The predicted molar refractivity (Wildman–Crippen MR) is 172 cm³/mol. The van der Waals surface area contributed by atoms with Crippen molar-refractivity contribution in [2.24, 2.45) is 17.3 Å². The lowest BCUT2D eigenvalue weighted by molar-refractivity contribution is -0.199. The van der Waals surface area contributed by atoms with E-state index in [0.717, 1.165) is 18.4 Å². The third-order valence-electron chi connectivity index (χ3n) is 11.7. The fourth-order valence-electron chi connectivity index (χ4n) is 8.69. The number of hydrogen-bond donors (Lipinski definition) is 1. The number of likely N-dealkylation sites (tertiary alicyclic amines) is 2. The van der Waals surface area contributed by atoms with Crippen LogP contribution in [0.4, 0.5) is 13.6 Å². The van der Waals surface area contributed by atoms with E-state index in [1.807, 2.05) is 36.4 Å². The smallest absolute Gasteiger partial charge is 0.444 e. The summed E-state index contributed by atoms with van der Waals surface area (Å²) in [6.45, 7) is 10.5. The number of nitrogens with zero attached hydrogens (tertiary/aromatic N) is 3. The number of nitrogens with one attached hydrogen (secondary N) is 1. The van der Waals surface area contributed by atoms with Gasteiger partial charge in [0.1, 0.15) is 17.7 Å². The van der Waals surface area contributed by atoms with Crippen molar-refractivity contribution in [1.82, 2.24) is 15.1 Å². The molecule has 3 aliphatic carbocycles. The van der Waals surface area contributed by atoms with Crippen molar-refractivity contribution in [3.05, 3.63) is 47.5 Å². The number of piperidine rings is 1. The van der Waals surface area contributed by atoms with Crippen molar-refractivity contribution >= 4 is 19.1 Å². The predicted octanol–water partition coefficient (Wildman–Crippen LogP) is 5.15. The van der Waals surface area contributed by atoms with Crippen molar-refractivity contribution < 1.29 is 32.4 Å². The lowest BCUT2D eigenvalue weighted by Gasteiger charge is -2.64. The van der Waals surface area contributed by atoms with Gasteiger partial charge in [0.2, 0.25) is 0 Å². The van der Waals surface area contributed by atoms with Gasteiger partial charge >= 0.3 is 13.2 Å². The van der Waals surface area contributed by atoms with Crippen LogP contribution < -0.4 is 5.32 Å². The number of alkyl halides is 2. The molecule has 0 unspecified atom stereocenters. The molecule has 6 atom stereocenters. The minimum atomic E-state index is -2.79. The number of alkyl carbamates (subject to hydrolysis) is 1. The zero-order valence-corrected chi connectivity index (χ0v) is 28.1. The number of benzene rings is 1. The Morgan fingerprint density at radius 3 is 2.62 bits per heavy atom. The van der Waals surface area contributed by atoms with Crippen LogP contribution in [0, 0.1) is 28.6 Å². The number of halogens is 2. The second-order valence-electron chi connectivity index (χ2n) is 15.5. The summed E-state index contributed by atoms with van der Waals surface area (Å²) in [7, 11) is -0.639. The highest BCUT2D eigenvalue weighted by Crippen LogP contribution is 2.65. The van der Waals surface area contributed by atoms with Crippen LogP contribution in [0.2, 0.25) is 0 Å². The Labute approximate surface area is 277 Å². The topological polar surface area (TPSA) is 104 Å². The highest BCUT2D eigenvalue weighted by atomic mass is 19.3. The molecule has 9 nitrogen and oxygen atoms in total. The van der Waals surface area contributed by atoms with Crippen LogP contribution in [0.25, 0.3) is 0 Å². The lowest BCUT2D eigenvalue weighted by atomic mass is 9.43. The normalized spacial score (nSPS) is 32.2. The van der Waals surface area contributed by atoms with Gasteiger partial charge in [-0.25, -0.2) is 13.6 Å². The minimum absolute atomic E-state index is 0.0346. The van der Waals surface area contributed by atoms with E-state index in [1.54, 1.807) is 18.7 Å². The molecule has 1 aromatic carbocycles. The Morgan fingerprint density at radius 1 is 1.21 bits per heavy atom. The summed E-state index contributed by atoms with van der Waals surface area (Å²) in [6.07, 6.45) is 3.71. The maximum atomic E-state index is 13.9. The highest BCUT2D eigenvalue weighted by molar-refractivity contribution is 6.47. The molecule has 3 saturated carbocycles. The molecule has 0 spiro atoms.